The molecule has 0 unspecified atom stereocenters. The van der Waals surface area contributed by atoms with Gasteiger partial charge >= 0.3 is 0 Å². The number of nitrogens with zero attached hydrogens (tertiary/aromatic N) is 2. The first-order valence-electron chi connectivity index (χ1n) is 8.08. The zero-order chi connectivity index (χ0) is 17.2. The van der Waals surface area contributed by atoms with Crippen LogP contribution in [0.5, 0.6) is 5.75 Å². The molecular formula is C20H17N3O2. The van der Waals surface area contributed by atoms with Gasteiger partial charge in [-0.25, -0.2) is 9.97 Å². The zero-order valence-corrected chi connectivity index (χ0v) is 13.8. The van der Waals surface area contributed by atoms with Crippen molar-refractivity contribution >= 4 is 11.6 Å². The second-order valence-corrected chi connectivity index (χ2v) is 6.01. The molecule has 0 radical (unpaired) electrons. The summed E-state index contributed by atoms with van der Waals surface area (Å²) < 4.78 is 5.17. The van der Waals surface area contributed by atoms with E-state index in [1.54, 1.807) is 7.11 Å². The molecule has 0 atom stereocenters. The lowest BCUT2D eigenvalue weighted by atomic mass is 10.0. The normalized spacial score (nSPS) is 12.6. The first-order chi connectivity index (χ1) is 12.2. The highest BCUT2D eigenvalue weighted by atomic mass is 16.5. The van der Waals surface area contributed by atoms with Gasteiger partial charge in [-0.2, -0.15) is 0 Å². The van der Waals surface area contributed by atoms with Crippen molar-refractivity contribution in [1.82, 2.24) is 9.97 Å². The Hall–Kier alpha value is -3.21. The predicted molar refractivity (Wildman–Crippen MR) is 95.6 cm³/mol. The number of hydrogen-bond acceptors (Lipinski definition) is 4. The maximum Gasteiger partial charge on any atom is 0.228 e. The maximum absolute atomic E-state index is 11.5. The minimum Gasteiger partial charge on any atom is -0.497 e. The number of amides is 1. The molecule has 2 aromatic carbocycles. The number of ether oxygens (including phenoxy) is 1. The number of carbonyl (C=O) groups excluding carboxylic acids is 1. The number of hydrogen-bond donors (Lipinski definition) is 1. The van der Waals surface area contributed by atoms with Gasteiger partial charge in [0.1, 0.15) is 11.6 Å². The number of benzene rings is 2. The zero-order valence-electron chi connectivity index (χ0n) is 13.8. The molecule has 124 valence electrons. The van der Waals surface area contributed by atoms with Crippen LogP contribution in [0, 0.1) is 0 Å². The number of nitrogens with one attached hydrogen (secondary N) is 1. The van der Waals surface area contributed by atoms with Crippen LogP contribution >= 0.6 is 0 Å². The molecule has 1 aliphatic rings. The molecular weight excluding hydrogens is 314 g/mol. The highest BCUT2D eigenvalue weighted by Crippen LogP contribution is 2.28. The fraction of sp³-hybridized carbons (Fsp3) is 0.150. The summed E-state index contributed by atoms with van der Waals surface area (Å²) in [6.45, 7) is 0. The molecule has 5 heteroatoms. The van der Waals surface area contributed by atoms with Crippen molar-refractivity contribution in [3.63, 3.8) is 0 Å². The number of aromatic nitrogens is 2. The molecule has 0 bridgehead atoms. The molecule has 0 fully saturated rings. The minimum absolute atomic E-state index is 0.0400. The summed E-state index contributed by atoms with van der Waals surface area (Å²) in [5.41, 5.74) is 5.01. The van der Waals surface area contributed by atoms with Crippen molar-refractivity contribution in [1.29, 1.82) is 0 Å². The van der Waals surface area contributed by atoms with Crippen LogP contribution in [0.25, 0.3) is 11.1 Å². The monoisotopic (exact) mass is 331 g/mol. The SMILES string of the molecule is COc1ccc(Cc2ncc(-c3ccc4c(c3)CC(=O)N4)cn2)cc1. The van der Waals surface area contributed by atoms with E-state index in [2.05, 4.69) is 15.3 Å². The summed E-state index contributed by atoms with van der Waals surface area (Å²) in [6.07, 6.45) is 4.77. The van der Waals surface area contributed by atoms with Gasteiger partial charge in [0.25, 0.3) is 0 Å². The highest BCUT2D eigenvalue weighted by molar-refractivity contribution is 5.99. The third-order valence-electron chi connectivity index (χ3n) is 4.29. The van der Waals surface area contributed by atoms with Crippen molar-refractivity contribution in [3.8, 4) is 16.9 Å². The number of carbonyl (C=O) groups is 1. The molecule has 25 heavy (non-hydrogen) atoms. The third-order valence-corrected chi connectivity index (χ3v) is 4.29. The number of anilines is 1. The largest absolute Gasteiger partial charge is 0.497 e. The summed E-state index contributed by atoms with van der Waals surface area (Å²) in [5, 5.41) is 2.84. The van der Waals surface area contributed by atoms with Crippen LogP contribution < -0.4 is 10.1 Å². The molecule has 5 nitrogen and oxygen atoms in total. The van der Waals surface area contributed by atoms with E-state index in [-0.39, 0.29) is 5.91 Å². The van der Waals surface area contributed by atoms with E-state index in [0.29, 0.717) is 12.8 Å². The van der Waals surface area contributed by atoms with E-state index in [1.807, 2.05) is 54.9 Å². The summed E-state index contributed by atoms with van der Waals surface area (Å²) in [4.78, 5) is 20.4. The second kappa shape index (κ2) is 6.36. The van der Waals surface area contributed by atoms with Crippen LogP contribution in [0.4, 0.5) is 5.69 Å². The summed E-state index contributed by atoms with van der Waals surface area (Å²) in [7, 11) is 1.65. The van der Waals surface area contributed by atoms with Gasteiger partial charge in [-0.15, -0.1) is 0 Å². The number of fused-ring (bicyclic) bond motifs is 1. The molecule has 0 spiro atoms. The Bertz CT molecular complexity index is 919. The van der Waals surface area contributed by atoms with Gasteiger partial charge in [0.05, 0.1) is 13.5 Å². The maximum atomic E-state index is 11.5. The minimum atomic E-state index is 0.0400. The van der Waals surface area contributed by atoms with Crippen LogP contribution in [0.1, 0.15) is 17.0 Å². The Morgan fingerprint density at radius 2 is 1.80 bits per heavy atom. The van der Waals surface area contributed by atoms with Crippen molar-refractivity contribution in [2.24, 2.45) is 0 Å². The van der Waals surface area contributed by atoms with Gasteiger partial charge in [-0.05, 0) is 41.0 Å². The van der Waals surface area contributed by atoms with E-state index >= 15 is 0 Å². The molecule has 1 N–H and O–H groups in total. The van der Waals surface area contributed by atoms with Crippen molar-refractivity contribution in [2.75, 3.05) is 12.4 Å². The van der Waals surface area contributed by atoms with Gasteiger partial charge < -0.3 is 10.1 Å². The standard InChI is InChI=1S/C20H17N3O2/c1-25-17-5-2-13(3-6-17)8-19-21-11-16(12-22-19)14-4-7-18-15(9-14)10-20(24)23-18/h2-7,9,11-12H,8,10H2,1H3,(H,23,24). The predicted octanol–water partition coefficient (Wildman–Crippen LogP) is 3.24. The Labute approximate surface area is 145 Å². The van der Waals surface area contributed by atoms with E-state index in [1.165, 1.54) is 0 Å². The molecule has 1 amide bonds. The van der Waals surface area contributed by atoms with E-state index in [0.717, 1.165) is 39.5 Å². The van der Waals surface area contributed by atoms with Gasteiger partial charge in [0.15, 0.2) is 0 Å². The lowest BCUT2D eigenvalue weighted by Crippen LogP contribution is -2.03. The summed E-state index contributed by atoms with van der Waals surface area (Å²) in [6, 6.07) is 13.8. The summed E-state index contributed by atoms with van der Waals surface area (Å²) in [5.74, 6) is 1.65. The van der Waals surface area contributed by atoms with E-state index in [4.69, 9.17) is 4.74 Å². The first-order valence-corrected chi connectivity index (χ1v) is 8.08. The fourth-order valence-electron chi connectivity index (χ4n) is 2.93. The summed E-state index contributed by atoms with van der Waals surface area (Å²) >= 11 is 0. The first kappa shape index (κ1) is 15.3. The topological polar surface area (TPSA) is 64.1 Å². The van der Waals surface area contributed by atoms with Crippen LogP contribution in [0.15, 0.2) is 54.9 Å². The van der Waals surface area contributed by atoms with Crippen molar-refractivity contribution < 1.29 is 9.53 Å². The van der Waals surface area contributed by atoms with Crippen LogP contribution in [0.3, 0.4) is 0 Å². The van der Waals surface area contributed by atoms with E-state index in [9.17, 15) is 4.79 Å². The Kier molecular flexibility index (Phi) is 3.90. The molecule has 3 aromatic rings. The molecule has 4 rings (SSSR count). The Morgan fingerprint density at radius 3 is 2.52 bits per heavy atom. The van der Waals surface area contributed by atoms with Gasteiger partial charge in [0.2, 0.25) is 5.91 Å². The van der Waals surface area contributed by atoms with Gasteiger partial charge in [0, 0.05) is 30.1 Å². The Morgan fingerprint density at radius 1 is 1.04 bits per heavy atom. The van der Waals surface area contributed by atoms with Crippen LogP contribution in [-0.4, -0.2) is 23.0 Å². The van der Waals surface area contributed by atoms with Gasteiger partial charge in [-0.3, -0.25) is 4.79 Å². The van der Waals surface area contributed by atoms with Crippen molar-refractivity contribution in [3.05, 3.63) is 71.8 Å². The van der Waals surface area contributed by atoms with E-state index < -0.39 is 0 Å². The molecule has 0 saturated carbocycles. The van der Waals surface area contributed by atoms with Crippen LogP contribution in [0.2, 0.25) is 0 Å². The van der Waals surface area contributed by atoms with Crippen LogP contribution in [-0.2, 0) is 17.6 Å². The molecule has 1 aliphatic heterocycles. The smallest absolute Gasteiger partial charge is 0.228 e. The Balaban J connectivity index is 1.52. The molecule has 0 aliphatic carbocycles. The van der Waals surface area contributed by atoms with Crippen molar-refractivity contribution in [2.45, 2.75) is 12.8 Å². The average Bonchev–Trinajstić information content (AvgIpc) is 3.02. The lowest BCUT2D eigenvalue weighted by Gasteiger charge is -2.06. The lowest BCUT2D eigenvalue weighted by molar-refractivity contribution is -0.115. The average molecular weight is 331 g/mol. The molecule has 0 saturated heterocycles. The highest BCUT2D eigenvalue weighted by Gasteiger charge is 2.17. The van der Waals surface area contributed by atoms with Gasteiger partial charge in [-0.1, -0.05) is 18.2 Å². The molecule has 1 aromatic heterocycles. The fourth-order valence-corrected chi connectivity index (χ4v) is 2.93. The number of methoxy groups -OCH3 is 1. The second-order valence-electron chi connectivity index (χ2n) is 6.01. The quantitative estimate of drug-likeness (QED) is 0.797. The number of rotatable bonds is 4. The third kappa shape index (κ3) is 3.21. The molecule has 2 heterocycles.